The van der Waals surface area contributed by atoms with E-state index in [0.717, 1.165) is 11.3 Å². The van der Waals surface area contributed by atoms with Crippen molar-refractivity contribution in [2.24, 2.45) is 5.92 Å². The Kier molecular flexibility index (Phi) is 5.83. The lowest BCUT2D eigenvalue weighted by Gasteiger charge is -2.33. The summed E-state index contributed by atoms with van der Waals surface area (Å²) in [7, 11) is 5.84. The van der Waals surface area contributed by atoms with Gasteiger partial charge in [-0.05, 0) is 32.4 Å². The number of hydrogen-bond donors (Lipinski definition) is 1. The molecule has 3 heteroatoms. The standard InChI is InChI=1S/C18H31NO2/c1-12-9-14(16(19(6)7)13(2)11-20)17(21-8)15(10-12)18(3,4)5/h9-10,13,16,20H,11H2,1-8H3. The molecule has 0 aromatic heterocycles. The Morgan fingerprint density at radius 3 is 2.19 bits per heavy atom. The fourth-order valence-electron chi connectivity index (χ4n) is 3.00. The van der Waals surface area contributed by atoms with Gasteiger partial charge in [-0.1, -0.05) is 45.4 Å². The van der Waals surface area contributed by atoms with Crippen LogP contribution in [0.2, 0.25) is 0 Å². The molecule has 120 valence electrons. The van der Waals surface area contributed by atoms with Crippen molar-refractivity contribution < 1.29 is 9.84 Å². The topological polar surface area (TPSA) is 32.7 Å². The lowest BCUT2D eigenvalue weighted by atomic mass is 9.81. The van der Waals surface area contributed by atoms with Crippen molar-refractivity contribution in [1.29, 1.82) is 0 Å². The van der Waals surface area contributed by atoms with Gasteiger partial charge in [0.2, 0.25) is 0 Å². The van der Waals surface area contributed by atoms with Crippen molar-refractivity contribution in [3.8, 4) is 5.75 Å². The summed E-state index contributed by atoms with van der Waals surface area (Å²) in [5.74, 6) is 1.09. The third kappa shape index (κ3) is 3.98. The maximum Gasteiger partial charge on any atom is 0.127 e. The van der Waals surface area contributed by atoms with E-state index >= 15 is 0 Å². The molecule has 0 aliphatic heterocycles. The highest BCUT2D eigenvalue weighted by Crippen LogP contribution is 2.41. The van der Waals surface area contributed by atoms with Gasteiger partial charge < -0.3 is 14.7 Å². The van der Waals surface area contributed by atoms with Crippen molar-refractivity contribution >= 4 is 0 Å². The lowest BCUT2D eigenvalue weighted by molar-refractivity contribution is 0.143. The molecule has 1 aromatic rings. The van der Waals surface area contributed by atoms with Crippen LogP contribution in [0.3, 0.4) is 0 Å². The van der Waals surface area contributed by atoms with Gasteiger partial charge in [0.05, 0.1) is 7.11 Å². The number of benzene rings is 1. The van der Waals surface area contributed by atoms with Crippen LogP contribution in [0.4, 0.5) is 0 Å². The summed E-state index contributed by atoms with van der Waals surface area (Å²) in [4.78, 5) is 2.16. The molecule has 21 heavy (non-hydrogen) atoms. The number of aryl methyl sites for hydroxylation is 1. The maximum atomic E-state index is 9.61. The molecule has 0 radical (unpaired) electrons. The Balaban J connectivity index is 3.57. The summed E-state index contributed by atoms with van der Waals surface area (Å²) in [5, 5.41) is 9.61. The molecule has 0 fully saturated rings. The van der Waals surface area contributed by atoms with Crippen molar-refractivity contribution in [3.63, 3.8) is 0 Å². The van der Waals surface area contributed by atoms with E-state index in [1.807, 2.05) is 0 Å². The number of aliphatic hydroxyl groups is 1. The summed E-state index contributed by atoms with van der Waals surface area (Å²) in [6.07, 6.45) is 0. The molecule has 0 saturated carbocycles. The molecule has 0 saturated heterocycles. The number of ether oxygens (including phenoxy) is 1. The fraction of sp³-hybridized carbons (Fsp3) is 0.667. The van der Waals surface area contributed by atoms with Gasteiger partial charge in [-0.25, -0.2) is 0 Å². The van der Waals surface area contributed by atoms with Crippen LogP contribution in [-0.2, 0) is 5.41 Å². The molecule has 2 atom stereocenters. The first-order valence-corrected chi connectivity index (χ1v) is 7.59. The minimum atomic E-state index is 0.0193. The van der Waals surface area contributed by atoms with Crippen molar-refractivity contribution in [1.82, 2.24) is 4.90 Å². The minimum Gasteiger partial charge on any atom is -0.496 e. The second kappa shape index (κ2) is 6.80. The monoisotopic (exact) mass is 293 g/mol. The van der Waals surface area contributed by atoms with Gasteiger partial charge in [0.1, 0.15) is 5.75 Å². The number of hydrogen-bond acceptors (Lipinski definition) is 3. The van der Waals surface area contributed by atoms with Crippen LogP contribution in [0.5, 0.6) is 5.75 Å². The molecular formula is C18H31NO2. The molecule has 1 rings (SSSR count). The van der Waals surface area contributed by atoms with Crippen molar-refractivity contribution in [2.45, 2.75) is 46.1 Å². The summed E-state index contributed by atoms with van der Waals surface area (Å²) in [5.41, 5.74) is 3.63. The third-order valence-electron chi connectivity index (χ3n) is 3.98. The minimum absolute atomic E-state index is 0.0193. The Morgan fingerprint density at radius 2 is 1.81 bits per heavy atom. The zero-order valence-electron chi connectivity index (χ0n) is 14.8. The van der Waals surface area contributed by atoms with E-state index in [0.29, 0.717) is 0 Å². The lowest BCUT2D eigenvalue weighted by Crippen LogP contribution is -2.29. The largest absolute Gasteiger partial charge is 0.496 e. The summed E-state index contributed by atoms with van der Waals surface area (Å²) in [6.45, 7) is 11.0. The third-order valence-corrected chi connectivity index (χ3v) is 3.98. The average Bonchev–Trinajstić information content (AvgIpc) is 2.36. The van der Waals surface area contributed by atoms with Crippen molar-refractivity contribution in [3.05, 3.63) is 28.8 Å². The Morgan fingerprint density at radius 1 is 1.24 bits per heavy atom. The Labute approximate surface area is 129 Å². The van der Waals surface area contributed by atoms with Gasteiger partial charge in [0.15, 0.2) is 0 Å². The van der Waals surface area contributed by atoms with E-state index in [-0.39, 0.29) is 24.0 Å². The number of rotatable bonds is 5. The predicted octanol–water partition coefficient (Wildman–Crippen LogP) is 3.53. The first-order chi connectivity index (χ1) is 9.63. The van der Waals surface area contributed by atoms with E-state index < -0.39 is 0 Å². The number of aliphatic hydroxyl groups excluding tert-OH is 1. The molecule has 0 bridgehead atoms. The average molecular weight is 293 g/mol. The first-order valence-electron chi connectivity index (χ1n) is 7.59. The predicted molar refractivity (Wildman–Crippen MR) is 89.1 cm³/mol. The second-order valence-corrected chi connectivity index (χ2v) is 7.25. The SMILES string of the molecule is COc1c(C(C(C)CO)N(C)C)cc(C)cc1C(C)(C)C. The van der Waals surface area contributed by atoms with E-state index in [1.54, 1.807) is 7.11 Å². The van der Waals surface area contributed by atoms with Gasteiger partial charge >= 0.3 is 0 Å². The molecule has 0 aliphatic carbocycles. The molecule has 0 heterocycles. The Bertz CT molecular complexity index is 475. The van der Waals surface area contributed by atoms with Gasteiger partial charge in [-0.3, -0.25) is 0 Å². The van der Waals surface area contributed by atoms with Crippen LogP contribution in [-0.4, -0.2) is 37.8 Å². The molecule has 0 aliphatic rings. The number of nitrogens with zero attached hydrogens (tertiary/aromatic N) is 1. The highest BCUT2D eigenvalue weighted by molar-refractivity contribution is 5.49. The van der Waals surface area contributed by atoms with Crippen LogP contribution < -0.4 is 4.74 Å². The second-order valence-electron chi connectivity index (χ2n) is 7.25. The molecular weight excluding hydrogens is 262 g/mol. The summed E-state index contributed by atoms with van der Waals surface area (Å²) < 4.78 is 5.78. The highest BCUT2D eigenvalue weighted by atomic mass is 16.5. The van der Waals surface area contributed by atoms with Gasteiger partial charge in [0, 0.05) is 23.8 Å². The van der Waals surface area contributed by atoms with E-state index in [4.69, 9.17) is 4.74 Å². The zero-order chi connectivity index (χ0) is 16.4. The van der Waals surface area contributed by atoms with Crippen molar-refractivity contribution in [2.75, 3.05) is 27.8 Å². The van der Waals surface area contributed by atoms with Crippen LogP contribution in [0.25, 0.3) is 0 Å². The van der Waals surface area contributed by atoms with Gasteiger partial charge in [-0.2, -0.15) is 0 Å². The molecule has 1 aromatic carbocycles. The van der Waals surface area contributed by atoms with Crippen LogP contribution in [0, 0.1) is 12.8 Å². The Hall–Kier alpha value is -1.06. The molecule has 2 unspecified atom stereocenters. The maximum absolute atomic E-state index is 9.61. The molecule has 3 nitrogen and oxygen atoms in total. The summed E-state index contributed by atoms with van der Waals surface area (Å²) in [6, 6.07) is 4.52. The summed E-state index contributed by atoms with van der Waals surface area (Å²) >= 11 is 0. The number of methoxy groups -OCH3 is 1. The van der Waals surface area contributed by atoms with E-state index in [2.05, 4.69) is 65.7 Å². The highest BCUT2D eigenvalue weighted by Gasteiger charge is 2.29. The van der Waals surface area contributed by atoms with E-state index in [9.17, 15) is 5.11 Å². The quantitative estimate of drug-likeness (QED) is 0.901. The normalized spacial score (nSPS) is 15.1. The van der Waals surface area contributed by atoms with Gasteiger partial charge in [0.25, 0.3) is 0 Å². The van der Waals surface area contributed by atoms with Crippen LogP contribution in [0.1, 0.15) is 50.4 Å². The zero-order valence-corrected chi connectivity index (χ0v) is 14.8. The van der Waals surface area contributed by atoms with Crippen LogP contribution >= 0.6 is 0 Å². The smallest absolute Gasteiger partial charge is 0.127 e. The molecule has 0 spiro atoms. The molecule has 1 N–H and O–H groups in total. The first kappa shape index (κ1) is 18.0. The van der Waals surface area contributed by atoms with E-state index in [1.165, 1.54) is 11.1 Å². The van der Waals surface area contributed by atoms with Gasteiger partial charge in [-0.15, -0.1) is 0 Å². The van der Waals surface area contributed by atoms with Crippen LogP contribution in [0.15, 0.2) is 12.1 Å². The fourth-order valence-corrected chi connectivity index (χ4v) is 3.00. The molecule has 0 amide bonds.